The van der Waals surface area contributed by atoms with Gasteiger partial charge in [-0.15, -0.1) is 0 Å². The number of hydrogen-bond acceptors (Lipinski definition) is 4. The molecule has 0 aliphatic rings. The molecule has 4 nitrogen and oxygen atoms in total. The predicted octanol–water partition coefficient (Wildman–Crippen LogP) is 2.91. The lowest BCUT2D eigenvalue weighted by Crippen LogP contribution is -2.11. The van der Waals surface area contributed by atoms with Gasteiger partial charge in [0, 0.05) is 17.7 Å². The molecule has 0 amide bonds. The summed E-state index contributed by atoms with van der Waals surface area (Å²) in [7, 11) is 1.57. The molecule has 0 spiro atoms. The Bertz CT molecular complexity index is 433. The van der Waals surface area contributed by atoms with Crippen molar-refractivity contribution in [2.75, 3.05) is 7.11 Å². The topological polar surface area (TPSA) is 67.5 Å². The minimum absolute atomic E-state index is 0.188. The van der Waals surface area contributed by atoms with E-state index >= 15 is 0 Å². The molecule has 1 aromatic carbocycles. The van der Waals surface area contributed by atoms with Gasteiger partial charge in [0.25, 0.3) is 0 Å². The first kappa shape index (κ1) is 15.0. The largest absolute Gasteiger partial charge is 0.506 e. The Labute approximate surface area is 116 Å². The number of benzene rings is 1. The van der Waals surface area contributed by atoms with E-state index in [1.807, 2.05) is 12.1 Å². The van der Waals surface area contributed by atoms with Crippen LogP contribution in [-0.4, -0.2) is 12.2 Å². The van der Waals surface area contributed by atoms with Gasteiger partial charge in [0.1, 0.15) is 5.75 Å². The van der Waals surface area contributed by atoms with E-state index in [0.717, 1.165) is 24.1 Å². The molecule has 5 heteroatoms. The summed E-state index contributed by atoms with van der Waals surface area (Å²) >= 11 is 3.32. The molecule has 0 heterocycles. The third kappa shape index (κ3) is 3.73. The lowest BCUT2D eigenvalue weighted by atomic mass is 10.1. The first-order valence-corrected chi connectivity index (χ1v) is 6.64. The lowest BCUT2D eigenvalue weighted by Gasteiger charge is -2.12. The number of halogens is 1. The lowest BCUT2D eigenvalue weighted by molar-refractivity contribution is 0.136. The molecular weight excluding hydrogens is 296 g/mol. The molecule has 1 rings (SSSR count). The fraction of sp³-hybridized carbons (Fsp3) is 0.385. The van der Waals surface area contributed by atoms with Gasteiger partial charge in [0.05, 0.1) is 17.3 Å². The molecule has 0 unspecified atom stereocenters. The van der Waals surface area contributed by atoms with Crippen LogP contribution >= 0.6 is 15.9 Å². The van der Waals surface area contributed by atoms with Crippen LogP contribution in [0.1, 0.15) is 30.9 Å². The molecule has 1 aromatic rings. The van der Waals surface area contributed by atoms with E-state index in [2.05, 4.69) is 34.4 Å². The van der Waals surface area contributed by atoms with Crippen LogP contribution in [0.15, 0.2) is 22.7 Å². The highest BCUT2D eigenvalue weighted by Crippen LogP contribution is 2.31. The Morgan fingerprint density at radius 2 is 2.28 bits per heavy atom. The highest BCUT2D eigenvalue weighted by Gasteiger charge is 2.09. The van der Waals surface area contributed by atoms with Crippen molar-refractivity contribution >= 4 is 21.6 Å². The summed E-state index contributed by atoms with van der Waals surface area (Å²) in [6, 6.07) is 3.69. The molecule has 0 radical (unpaired) electrons. The Morgan fingerprint density at radius 1 is 1.56 bits per heavy atom. The molecule has 0 aromatic heterocycles. The van der Waals surface area contributed by atoms with Crippen LogP contribution in [-0.2, 0) is 11.4 Å². The number of nitrogens with one attached hydrogen (secondary N) is 1. The highest BCUT2D eigenvalue weighted by molar-refractivity contribution is 9.10. The third-order valence-electron chi connectivity index (χ3n) is 2.52. The van der Waals surface area contributed by atoms with Crippen LogP contribution in [0.5, 0.6) is 5.75 Å². The van der Waals surface area contributed by atoms with Crippen molar-refractivity contribution in [3.05, 3.63) is 33.8 Å². The van der Waals surface area contributed by atoms with Crippen molar-refractivity contribution in [3.8, 4) is 5.75 Å². The van der Waals surface area contributed by atoms with Gasteiger partial charge in [-0.05, 0) is 34.5 Å². The van der Waals surface area contributed by atoms with E-state index in [4.69, 9.17) is 10.6 Å². The molecule has 0 saturated heterocycles. The van der Waals surface area contributed by atoms with Gasteiger partial charge in [0.2, 0.25) is 0 Å². The average Bonchev–Trinajstić information content (AvgIpc) is 2.37. The zero-order valence-corrected chi connectivity index (χ0v) is 12.3. The molecule has 0 aliphatic carbocycles. The third-order valence-corrected chi connectivity index (χ3v) is 3.13. The van der Waals surface area contributed by atoms with Crippen LogP contribution in [0.25, 0.3) is 5.70 Å². The summed E-state index contributed by atoms with van der Waals surface area (Å²) in [6.07, 6.45) is 4.06. The summed E-state index contributed by atoms with van der Waals surface area (Å²) in [5.41, 5.74) is 11.0. The van der Waals surface area contributed by atoms with E-state index in [1.54, 1.807) is 7.11 Å². The van der Waals surface area contributed by atoms with Crippen molar-refractivity contribution in [2.45, 2.75) is 26.3 Å². The molecule has 18 heavy (non-hydrogen) atoms. The van der Waals surface area contributed by atoms with E-state index in [1.165, 1.54) is 0 Å². The maximum Gasteiger partial charge on any atom is 0.134 e. The number of phenols is 1. The zero-order chi connectivity index (χ0) is 13.5. The highest BCUT2D eigenvalue weighted by atomic mass is 79.9. The molecule has 0 bridgehead atoms. The Hall–Kier alpha value is -1.04. The van der Waals surface area contributed by atoms with Crippen LogP contribution < -0.4 is 11.2 Å². The minimum Gasteiger partial charge on any atom is -0.506 e. The first-order valence-electron chi connectivity index (χ1n) is 5.85. The van der Waals surface area contributed by atoms with Crippen LogP contribution in [0.4, 0.5) is 0 Å². The van der Waals surface area contributed by atoms with Gasteiger partial charge in [-0.3, -0.25) is 10.3 Å². The van der Waals surface area contributed by atoms with Gasteiger partial charge in [0.15, 0.2) is 0 Å². The minimum atomic E-state index is 0.188. The second-order valence-corrected chi connectivity index (χ2v) is 4.74. The maximum atomic E-state index is 9.81. The van der Waals surface area contributed by atoms with Gasteiger partial charge in [-0.2, -0.15) is 0 Å². The average molecular weight is 315 g/mol. The van der Waals surface area contributed by atoms with Crippen molar-refractivity contribution in [3.63, 3.8) is 0 Å². The number of aromatic hydroxyl groups is 1. The quantitative estimate of drug-likeness (QED) is 0.706. The molecule has 0 saturated carbocycles. The standard InChI is InChI=1S/C13H19BrN2O2/c1-3-4-5-12(16-18-2)9-6-10(8-15)13(17)11(14)7-9/h5-7,16-17H,3-4,8,15H2,1-2H3. The van der Waals surface area contributed by atoms with E-state index in [9.17, 15) is 5.11 Å². The van der Waals surface area contributed by atoms with E-state index in [0.29, 0.717) is 10.0 Å². The second kappa shape index (κ2) is 7.41. The number of hydrogen-bond donors (Lipinski definition) is 3. The predicted molar refractivity (Wildman–Crippen MR) is 76.7 cm³/mol. The molecular formula is C13H19BrN2O2. The van der Waals surface area contributed by atoms with Gasteiger partial charge < -0.3 is 10.8 Å². The Morgan fingerprint density at radius 3 is 2.83 bits per heavy atom. The number of allylic oxidation sites excluding steroid dienone is 1. The van der Waals surface area contributed by atoms with Crippen molar-refractivity contribution in [1.82, 2.24) is 5.48 Å². The smallest absolute Gasteiger partial charge is 0.134 e. The van der Waals surface area contributed by atoms with E-state index < -0.39 is 0 Å². The summed E-state index contributed by atoms with van der Waals surface area (Å²) in [6.45, 7) is 2.39. The SMILES string of the molecule is CCCC=C(NOC)c1cc(Br)c(O)c(CN)c1. The number of hydroxylamine groups is 1. The van der Waals surface area contributed by atoms with Gasteiger partial charge >= 0.3 is 0 Å². The fourth-order valence-electron chi connectivity index (χ4n) is 1.58. The Balaban J connectivity index is 3.16. The van der Waals surface area contributed by atoms with Crippen LogP contribution in [0.3, 0.4) is 0 Å². The summed E-state index contributed by atoms with van der Waals surface area (Å²) in [5.74, 6) is 0.188. The van der Waals surface area contributed by atoms with Crippen molar-refractivity contribution < 1.29 is 9.94 Å². The van der Waals surface area contributed by atoms with Crippen LogP contribution in [0.2, 0.25) is 0 Å². The van der Waals surface area contributed by atoms with E-state index in [-0.39, 0.29) is 12.3 Å². The Kier molecular flexibility index (Phi) is 6.18. The zero-order valence-electron chi connectivity index (χ0n) is 10.7. The molecule has 0 fully saturated rings. The second-order valence-electron chi connectivity index (χ2n) is 3.88. The molecule has 0 aliphatic heterocycles. The first-order chi connectivity index (χ1) is 8.63. The number of phenolic OH excluding ortho intramolecular Hbond substituents is 1. The van der Waals surface area contributed by atoms with Gasteiger partial charge in [-0.25, -0.2) is 0 Å². The normalized spacial score (nSPS) is 11.7. The number of unbranched alkanes of at least 4 members (excludes halogenated alkanes) is 1. The molecule has 4 N–H and O–H groups in total. The number of nitrogens with two attached hydrogens (primary N) is 1. The maximum absolute atomic E-state index is 9.81. The fourth-order valence-corrected chi connectivity index (χ4v) is 2.09. The van der Waals surface area contributed by atoms with Crippen molar-refractivity contribution in [2.24, 2.45) is 5.73 Å². The number of rotatable bonds is 6. The summed E-state index contributed by atoms with van der Waals surface area (Å²) < 4.78 is 0.626. The summed E-state index contributed by atoms with van der Waals surface area (Å²) in [5, 5.41) is 9.81. The monoisotopic (exact) mass is 314 g/mol. The van der Waals surface area contributed by atoms with Crippen LogP contribution in [0, 0.1) is 0 Å². The molecule has 0 atom stereocenters. The van der Waals surface area contributed by atoms with Gasteiger partial charge in [-0.1, -0.05) is 19.4 Å². The summed E-state index contributed by atoms with van der Waals surface area (Å²) in [4.78, 5) is 4.97. The molecule has 100 valence electrons. The van der Waals surface area contributed by atoms with Crippen molar-refractivity contribution in [1.29, 1.82) is 0 Å².